The molecule has 0 saturated carbocycles. The van der Waals surface area contributed by atoms with Crippen molar-refractivity contribution in [2.45, 2.75) is 64.7 Å². The molecule has 14 rings (SSSR count). The number of benzene rings is 8. The highest BCUT2D eigenvalue weighted by atomic mass is 16.3. The van der Waals surface area contributed by atoms with Crippen molar-refractivity contribution < 1.29 is 4.42 Å². The number of furan rings is 1. The van der Waals surface area contributed by atoms with Crippen LogP contribution in [0, 0.1) is 0 Å². The summed E-state index contributed by atoms with van der Waals surface area (Å²) in [5.41, 5.74) is 26.2. The summed E-state index contributed by atoms with van der Waals surface area (Å²) in [5.74, 6) is 0. The Hall–Kier alpha value is -7.04. The van der Waals surface area contributed by atoms with Gasteiger partial charge < -0.3 is 13.8 Å². The molecule has 3 nitrogen and oxygen atoms in total. The van der Waals surface area contributed by atoms with E-state index >= 15 is 0 Å². The molecule has 0 fully saturated rings. The van der Waals surface area contributed by atoms with Gasteiger partial charge in [0.05, 0.1) is 11.4 Å². The first kappa shape index (κ1) is 36.4. The SMILES string of the molecule is CC(C)(C)c1ccc(N2c3cc4oc5ccccc5c4c4c3B(c3ccc5c(c32)-c2ccccc2C5(C)C)n2c3c(c5cccc-4c52)C(C)(C)c2ccccc2-3)c(-c2ccccc2)c1. The second-order valence-electron chi connectivity index (χ2n) is 20.8. The summed E-state index contributed by atoms with van der Waals surface area (Å²) < 4.78 is 9.83. The summed E-state index contributed by atoms with van der Waals surface area (Å²) in [7, 11) is 0. The Bertz CT molecular complexity index is 3720. The third kappa shape index (κ3) is 4.34. The number of hydrogen-bond acceptors (Lipinski definition) is 2. The second kappa shape index (κ2) is 11.9. The lowest BCUT2D eigenvalue weighted by molar-refractivity contribution is 0.590. The van der Waals surface area contributed by atoms with E-state index in [2.05, 4.69) is 216 Å². The summed E-state index contributed by atoms with van der Waals surface area (Å²) in [6.07, 6.45) is 0. The fourth-order valence-corrected chi connectivity index (χ4v) is 12.8. The highest BCUT2D eigenvalue weighted by Gasteiger charge is 2.51. The van der Waals surface area contributed by atoms with Gasteiger partial charge >= 0.3 is 6.85 Å². The van der Waals surface area contributed by atoms with E-state index < -0.39 is 0 Å². The average molecular weight is 823 g/mol. The fraction of sp³-hybridized carbons (Fsp3) is 0.167. The molecule has 4 heteroatoms. The lowest BCUT2D eigenvalue weighted by atomic mass is 9.44. The average Bonchev–Trinajstić information content (AvgIpc) is 3.99. The van der Waals surface area contributed by atoms with Crippen molar-refractivity contribution in [1.82, 2.24) is 4.48 Å². The van der Waals surface area contributed by atoms with Crippen LogP contribution >= 0.6 is 0 Å². The maximum absolute atomic E-state index is 7.04. The minimum absolute atomic E-state index is 0.0442. The van der Waals surface area contributed by atoms with E-state index in [0.29, 0.717) is 0 Å². The number of anilines is 3. The van der Waals surface area contributed by atoms with Crippen LogP contribution in [0.25, 0.3) is 77.5 Å². The van der Waals surface area contributed by atoms with E-state index in [4.69, 9.17) is 4.42 Å². The van der Waals surface area contributed by atoms with Gasteiger partial charge in [-0.15, -0.1) is 0 Å². The first-order valence-corrected chi connectivity index (χ1v) is 23.0. The Morgan fingerprint density at radius 3 is 2.02 bits per heavy atom. The molecule has 0 saturated heterocycles. The van der Waals surface area contributed by atoms with E-state index in [1.54, 1.807) is 0 Å². The van der Waals surface area contributed by atoms with Gasteiger partial charge in [0.1, 0.15) is 11.2 Å². The van der Waals surface area contributed by atoms with E-state index in [1.807, 2.05) is 0 Å². The molecule has 0 amide bonds. The Labute approximate surface area is 374 Å². The normalized spacial score (nSPS) is 15.6. The van der Waals surface area contributed by atoms with Crippen LogP contribution in [0.3, 0.4) is 0 Å². The molecule has 4 aliphatic rings. The van der Waals surface area contributed by atoms with Crippen molar-refractivity contribution in [2.24, 2.45) is 0 Å². The quantitative estimate of drug-likeness (QED) is 0.162. The molecule has 0 spiro atoms. The predicted molar refractivity (Wildman–Crippen MR) is 269 cm³/mol. The van der Waals surface area contributed by atoms with Crippen LogP contribution in [0.4, 0.5) is 17.1 Å². The van der Waals surface area contributed by atoms with Crippen molar-refractivity contribution in [3.63, 3.8) is 0 Å². The second-order valence-corrected chi connectivity index (χ2v) is 20.8. The van der Waals surface area contributed by atoms with Crippen LogP contribution in [-0.4, -0.2) is 11.3 Å². The molecule has 2 aliphatic carbocycles. The summed E-state index contributed by atoms with van der Waals surface area (Å²) in [6, 6.07) is 59.7. The fourth-order valence-electron chi connectivity index (χ4n) is 12.8. The molecule has 2 aromatic heterocycles. The summed E-state index contributed by atoms with van der Waals surface area (Å²) >= 11 is 0. The van der Waals surface area contributed by atoms with Gasteiger partial charge in [-0.3, -0.25) is 0 Å². The van der Waals surface area contributed by atoms with Crippen molar-refractivity contribution in [1.29, 1.82) is 0 Å². The van der Waals surface area contributed by atoms with E-state index in [9.17, 15) is 0 Å². The van der Waals surface area contributed by atoms with Crippen LogP contribution in [0.2, 0.25) is 0 Å². The molecule has 306 valence electrons. The summed E-state index contributed by atoms with van der Waals surface area (Å²) in [5, 5.41) is 3.69. The Balaban J connectivity index is 1.22. The van der Waals surface area contributed by atoms with Gasteiger partial charge in [-0.2, -0.15) is 0 Å². The zero-order valence-corrected chi connectivity index (χ0v) is 37.4. The molecule has 2 aliphatic heterocycles. The minimum atomic E-state index is -0.191. The van der Waals surface area contributed by atoms with Crippen molar-refractivity contribution in [2.75, 3.05) is 4.90 Å². The lowest BCUT2D eigenvalue weighted by Crippen LogP contribution is -2.57. The molecule has 0 atom stereocenters. The zero-order valence-electron chi connectivity index (χ0n) is 37.4. The number of nitrogens with zero attached hydrogens (tertiary/aromatic N) is 2. The minimum Gasteiger partial charge on any atom is -0.456 e. The molecule has 8 aromatic carbocycles. The topological polar surface area (TPSA) is 21.3 Å². The molecule has 10 aromatic rings. The van der Waals surface area contributed by atoms with Crippen LogP contribution in [0.1, 0.15) is 76.3 Å². The lowest BCUT2D eigenvalue weighted by Gasteiger charge is -2.43. The smallest absolute Gasteiger partial charge is 0.333 e. The van der Waals surface area contributed by atoms with Crippen LogP contribution in [0.15, 0.2) is 162 Å². The maximum atomic E-state index is 7.04. The first-order chi connectivity index (χ1) is 30.9. The van der Waals surface area contributed by atoms with Gasteiger partial charge in [0, 0.05) is 72.2 Å². The van der Waals surface area contributed by atoms with Gasteiger partial charge in [-0.25, -0.2) is 0 Å². The van der Waals surface area contributed by atoms with Gasteiger partial charge in [-0.1, -0.05) is 182 Å². The molecule has 0 bridgehead atoms. The van der Waals surface area contributed by atoms with Gasteiger partial charge in [0.2, 0.25) is 0 Å². The molecular weight excluding hydrogens is 775 g/mol. The third-order valence-corrected chi connectivity index (χ3v) is 15.7. The van der Waals surface area contributed by atoms with Gasteiger partial charge in [-0.05, 0) is 79.0 Å². The number of fused-ring (bicyclic) bond motifs is 17. The third-order valence-electron chi connectivity index (χ3n) is 15.7. The molecular formula is C60H47BN2O. The molecule has 0 N–H and O–H groups in total. The number of rotatable bonds is 2. The molecule has 64 heavy (non-hydrogen) atoms. The molecule has 0 radical (unpaired) electrons. The summed E-state index contributed by atoms with van der Waals surface area (Å²) in [6.45, 7) is 16.5. The van der Waals surface area contributed by atoms with Gasteiger partial charge in [0.15, 0.2) is 0 Å². The van der Waals surface area contributed by atoms with Crippen LogP contribution in [-0.2, 0) is 16.2 Å². The maximum Gasteiger partial charge on any atom is 0.333 e. The molecule has 4 heterocycles. The Kier molecular flexibility index (Phi) is 6.80. The monoisotopic (exact) mass is 822 g/mol. The Morgan fingerprint density at radius 1 is 0.531 bits per heavy atom. The van der Waals surface area contributed by atoms with Gasteiger partial charge in [0.25, 0.3) is 0 Å². The highest BCUT2D eigenvalue weighted by molar-refractivity contribution is 6.90. The standard InChI is InChI=1S/C60H47BN2O/c1-58(2,3)35-28-31-46(41(32-35)34-18-9-8-10-19-34)62-47-33-49-51(38-22-13-16-27-48(38)64-49)52-39-23-17-24-40-53-56(37-21-12-15-26-43(37)60(53,6)7)63(55(39)40)61(54(47)52)45-30-29-44-50(57(45)62)36-20-11-14-25-42(36)59(44,4)5/h8-33H,1-7H3. The predicted octanol–water partition coefficient (Wildman–Crippen LogP) is 14.5. The van der Waals surface area contributed by atoms with Crippen molar-refractivity contribution >= 4 is 67.7 Å². The molecule has 0 unspecified atom stereocenters. The largest absolute Gasteiger partial charge is 0.456 e. The van der Waals surface area contributed by atoms with Crippen LogP contribution < -0.4 is 15.8 Å². The van der Waals surface area contributed by atoms with E-state index in [-0.39, 0.29) is 23.1 Å². The summed E-state index contributed by atoms with van der Waals surface area (Å²) in [4.78, 5) is 2.66. The highest BCUT2D eigenvalue weighted by Crippen LogP contribution is 2.60. The number of aromatic nitrogens is 1. The van der Waals surface area contributed by atoms with Crippen molar-refractivity contribution in [3.05, 3.63) is 186 Å². The number of hydrogen-bond donors (Lipinski definition) is 0. The Morgan fingerprint density at radius 2 is 1.22 bits per heavy atom. The van der Waals surface area contributed by atoms with E-state index in [0.717, 1.165) is 16.6 Å². The first-order valence-electron chi connectivity index (χ1n) is 23.0. The van der Waals surface area contributed by atoms with E-state index in [1.165, 1.54) is 117 Å². The zero-order chi connectivity index (χ0) is 43.2. The number of para-hydroxylation sites is 2. The van der Waals surface area contributed by atoms with Crippen molar-refractivity contribution in [3.8, 4) is 44.6 Å². The van der Waals surface area contributed by atoms with Crippen LogP contribution in [0.5, 0.6) is 0 Å².